The maximum Gasteiger partial charge on any atom is 0.419 e. The van der Waals surface area contributed by atoms with Crippen LogP contribution in [0.5, 0.6) is 0 Å². The molecule has 1 amide bonds. The van der Waals surface area contributed by atoms with Crippen molar-refractivity contribution in [2.75, 3.05) is 5.32 Å². The van der Waals surface area contributed by atoms with Gasteiger partial charge in [0.2, 0.25) is 15.9 Å². The molecule has 152 valence electrons. The summed E-state index contributed by atoms with van der Waals surface area (Å²) in [4.78, 5) is 12.3. The molecular formula is C17H22F4N2O3S. The van der Waals surface area contributed by atoms with Crippen LogP contribution in [0.1, 0.15) is 45.1 Å². The number of hydrogen-bond acceptors (Lipinski definition) is 3. The van der Waals surface area contributed by atoms with E-state index in [9.17, 15) is 30.8 Å². The Hall–Kier alpha value is -1.68. The molecule has 2 rings (SSSR count). The molecule has 10 heteroatoms. The van der Waals surface area contributed by atoms with Crippen LogP contribution in [0, 0.1) is 11.7 Å². The monoisotopic (exact) mass is 410 g/mol. The number of rotatable bonds is 5. The topological polar surface area (TPSA) is 75.3 Å². The summed E-state index contributed by atoms with van der Waals surface area (Å²) in [6.07, 6.45) is -2.98. The second-order valence-corrected chi connectivity index (χ2v) is 9.21. The molecule has 1 fully saturated rings. The molecule has 5 nitrogen and oxygen atoms in total. The second kappa shape index (κ2) is 8.14. The average Bonchev–Trinajstić information content (AvgIpc) is 2.53. The lowest BCUT2D eigenvalue weighted by atomic mass is 9.86. The zero-order chi connectivity index (χ0) is 20.4. The number of hydrogen-bond donors (Lipinski definition) is 2. The summed E-state index contributed by atoms with van der Waals surface area (Å²) in [7, 11) is -3.39. The smallest absolute Gasteiger partial charge is 0.326 e. The molecule has 27 heavy (non-hydrogen) atoms. The van der Waals surface area contributed by atoms with E-state index in [-0.39, 0.29) is 11.7 Å². The summed E-state index contributed by atoms with van der Waals surface area (Å²) in [5, 5.41) is 1.88. The molecule has 1 aromatic rings. The number of nitrogens with one attached hydrogen (secondary N) is 2. The van der Waals surface area contributed by atoms with Gasteiger partial charge in [-0.3, -0.25) is 4.79 Å². The first-order valence-electron chi connectivity index (χ1n) is 8.59. The Kier molecular flexibility index (Phi) is 6.51. The van der Waals surface area contributed by atoms with Crippen LogP contribution in [0.25, 0.3) is 0 Å². The van der Waals surface area contributed by atoms with Gasteiger partial charge >= 0.3 is 6.18 Å². The highest BCUT2D eigenvalue weighted by Crippen LogP contribution is 2.33. The molecule has 0 saturated heterocycles. The van der Waals surface area contributed by atoms with Gasteiger partial charge in [-0.25, -0.2) is 17.5 Å². The van der Waals surface area contributed by atoms with Gasteiger partial charge in [0.25, 0.3) is 0 Å². The van der Waals surface area contributed by atoms with E-state index < -0.39 is 44.7 Å². The van der Waals surface area contributed by atoms with E-state index in [0.717, 1.165) is 6.07 Å². The Morgan fingerprint density at radius 1 is 1.15 bits per heavy atom. The first kappa shape index (κ1) is 21.6. The fourth-order valence-corrected chi connectivity index (χ4v) is 3.88. The van der Waals surface area contributed by atoms with Crippen LogP contribution in [0.4, 0.5) is 23.2 Å². The number of alkyl halides is 3. The predicted molar refractivity (Wildman–Crippen MR) is 93.0 cm³/mol. The SMILES string of the molecule is CC(C)S(=O)(=O)NC1CCC(C(=O)Nc2ccc(C(F)(F)F)c(F)c2)CC1. The number of halogens is 4. The van der Waals surface area contributed by atoms with E-state index in [1.54, 1.807) is 13.8 Å². The fourth-order valence-electron chi connectivity index (χ4n) is 2.91. The number of sulfonamides is 1. The first-order valence-corrected chi connectivity index (χ1v) is 10.1. The molecule has 0 heterocycles. The molecule has 0 bridgehead atoms. The quantitative estimate of drug-likeness (QED) is 0.728. The third-order valence-electron chi connectivity index (χ3n) is 4.59. The van der Waals surface area contributed by atoms with Crippen molar-refractivity contribution in [3.05, 3.63) is 29.6 Å². The van der Waals surface area contributed by atoms with Crippen molar-refractivity contribution in [1.82, 2.24) is 4.72 Å². The summed E-state index contributed by atoms with van der Waals surface area (Å²) in [6, 6.07) is 1.99. The van der Waals surface area contributed by atoms with Crippen LogP contribution in [0.3, 0.4) is 0 Å². The highest BCUT2D eigenvalue weighted by molar-refractivity contribution is 7.90. The van der Waals surface area contributed by atoms with Gasteiger partial charge in [0, 0.05) is 17.6 Å². The molecule has 1 saturated carbocycles. The summed E-state index contributed by atoms with van der Waals surface area (Å²) in [5.74, 6) is -2.28. The highest BCUT2D eigenvalue weighted by atomic mass is 32.2. The minimum atomic E-state index is -4.80. The van der Waals surface area contributed by atoms with Crippen molar-refractivity contribution in [1.29, 1.82) is 0 Å². The van der Waals surface area contributed by atoms with Crippen molar-refractivity contribution in [3.63, 3.8) is 0 Å². The van der Waals surface area contributed by atoms with E-state index in [4.69, 9.17) is 0 Å². The third-order valence-corrected chi connectivity index (χ3v) is 6.49. The number of amides is 1. The lowest BCUT2D eigenvalue weighted by Gasteiger charge is -2.28. The summed E-state index contributed by atoms with van der Waals surface area (Å²) in [6.45, 7) is 3.15. The van der Waals surface area contributed by atoms with Crippen LogP contribution in [-0.2, 0) is 21.0 Å². The standard InChI is InChI=1S/C17H22F4N2O3S/c1-10(2)27(25,26)23-12-5-3-11(4-6-12)16(24)22-13-7-8-14(15(18)9-13)17(19,20)21/h7-12,23H,3-6H2,1-2H3,(H,22,24). The van der Waals surface area contributed by atoms with Gasteiger partial charge in [-0.2, -0.15) is 13.2 Å². The van der Waals surface area contributed by atoms with Gasteiger partial charge in [-0.1, -0.05) is 0 Å². The van der Waals surface area contributed by atoms with Crippen LogP contribution in [-0.4, -0.2) is 25.6 Å². The minimum Gasteiger partial charge on any atom is -0.326 e. The Morgan fingerprint density at radius 2 is 1.74 bits per heavy atom. The lowest BCUT2D eigenvalue weighted by molar-refractivity contribution is -0.140. The number of carbonyl (C=O) groups is 1. The lowest BCUT2D eigenvalue weighted by Crippen LogP contribution is -2.42. The van der Waals surface area contributed by atoms with E-state index in [0.29, 0.717) is 37.8 Å². The molecule has 0 unspecified atom stereocenters. The normalized spacial score (nSPS) is 21.3. The van der Waals surface area contributed by atoms with E-state index in [1.807, 2.05) is 0 Å². The number of carbonyl (C=O) groups excluding carboxylic acids is 1. The van der Waals surface area contributed by atoms with Crippen molar-refractivity contribution in [2.45, 2.75) is 57.0 Å². The molecule has 1 aliphatic carbocycles. The third kappa shape index (κ3) is 5.65. The second-order valence-electron chi connectivity index (χ2n) is 6.94. The fraction of sp³-hybridized carbons (Fsp3) is 0.588. The molecule has 1 aliphatic rings. The largest absolute Gasteiger partial charge is 0.419 e. The predicted octanol–water partition coefficient (Wildman–Crippen LogP) is 3.67. The number of anilines is 1. The molecule has 0 atom stereocenters. The van der Waals surface area contributed by atoms with Gasteiger partial charge in [-0.15, -0.1) is 0 Å². The van der Waals surface area contributed by atoms with Gasteiger partial charge < -0.3 is 5.32 Å². The van der Waals surface area contributed by atoms with Gasteiger partial charge in [0.15, 0.2) is 0 Å². The number of benzene rings is 1. The maximum absolute atomic E-state index is 13.6. The molecular weight excluding hydrogens is 388 g/mol. The Labute approximate surface area is 155 Å². The van der Waals surface area contributed by atoms with Crippen LogP contribution in [0.2, 0.25) is 0 Å². The van der Waals surface area contributed by atoms with E-state index in [1.165, 1.54) is 0 Å². The first-order chi connectivity index (χ1) is 12.4. The molecule has 0 radical (unpaired) electrons. The van der Waals surface area contributed by atoms with Crippen molar-refractivity contribution < 1.29 is 30.8 Å². The molecule has 0 aliphatic heterocycles. The van der Waals surface area contributed by atoms with Crippen molar-refractivity contribution in [2.24, 2.45) is 5.92 Å². The summed E-state index contributed by atoms with van der Waals surface area (Å²) in [5.41, 5.74) is -1.44. The van der Waals surface area contributed by atoms with Gasteiger partial charge in [-0.05, 0) is 57.7 Å². The van der Waals surface area contributed by atoms with Gasteiger partial charge in [0.1, 0.15) is 5.82 Å². The summed E-state index contributed by atoms with van der Waals surface area (Å²) >= 11 is 0. The Bertz CT molecular complexity index is 786. The zero-order valence-corrected chi connectivity index (χ0v) is 15.8. The average molecular weight is 410 g/mol. The summed E-state index contributed by atoms with van der Waals surface area (Å²) < 4.78 is 77.6. The van der Waals surface area contributed by atoms with Crippen molar-refractivity contribution >= 4 is 21.6 Å². The van der Waals surface area contributed by atoms with Gasteiger partial charge in [0.05, 0.1) is 10.8 Å². The van der Waals surface area contributed by atoms with Crippen LogP contribution in [0.15, 0.2) is 18.2 Å². The zero-order valence-electron chi connectivity index (χ0n) is 14.9. The van der Waals surface area contributed by atoms with Crippen molar-refractivity contribution in [3.8, 4) is 0 Å². The Balaban J connectivity index is 1.92. The minimum absolute atomic E-state index is 0.0480. The highest BCUT2D eigenvalue weighted by Gasteiger charge is 2.34. The molecule has 0 aromatic heterocycles. The Morgan fingerprint density at radius 3 is 2.22 bits per heavy atom. The van der Waals surface area contributed by atoms with Crippen LogP contribution >= 0.6 is 0 Å². The van der Waals surface area contributed by atoms with Crippen LogP contribution < -0.4 is 10.0 Å². The van der Waals surface area contributed by atoms with E-state index in [2.05, 4.69) is 10.0 Å². The molecule has 2 N–H and O–H groups in total. The maximum atomic E-state index is 13.6. The molecule has 1 aromatic carbocycles. The van der Waals surface area contributed by atoms with E-state index >= 15 is 0 Å². The molecule has 0 spiro atoms.